The van der Waals surface area contributed by atoms with Crippen molar-refractivity contribution in [1.29, 1.82) is 0 Å². The first-order valence-electron chi connectivity index (χ1n) is 8.02. The summed E-state index contributed by atoms with van der Waals surface area (Å²) in [5, 5.41) is 3.93. The Morgan fingerprint density at radius 1 is 1.35 bits per heavy atom. The summed E-state index contributed by atoms with van der Waals surface area (Å²) in [6, 6.07) is -0.476. The lowest BCUT2D eigenvalue weighted by Crippen LogP contribution is -2.52. The van der Waals surface area contributed by atoms with Gasteiger partial charge in [-0.1, -0.05) is 5.16 Å². The number of carbonyl (C=O) groups excluding carboxylic acids is 2. The van der Waals surface area contributed by atoms with Crippen molar-refractivity contribution in [2.75, 3.05) is 20.7 Å². The van der Waals surface area contributed by atoms with Crippen LogP contribution in [0.5, 0.6) is 0 Å². The zero-order valence-electron chi connectivity index (χ0n) is 13.5. The van der Waals surface area contributed by atoms with Gasteiger partial charge in [0.05, 0.1) is 13.7 Å². The van der Waals surface area contributed by atoms with Crippen molar-refractivity contribution in [2.45, 2.75) is 50.6 Å². The second-order valence-electron chi connectivity index (χ2n) is 6.19. The summed E-state index contributed by atoms with van der Waals surface area (Å²) in [6.45, 7) is 0.825. The van der Waals surface area contributed by atoms with Crippen LogP contribution in [0.1, 0.15) is 49.7 Å². The van der Waals surface area contributed by atoms with Crippen molar-refractivity contribution in [3.63, 3.8) is 0 Å². The van der Waals surface area contributed by atoms with Gasteiger partial charge < -0.3 is 14.2 Å². The van der Waals surface area contributed by atoms with Gasteiger partial charge in [0.25, 0.3) is 0 Å². The van der Waals surface area contributed by atoms with Crippen LogP contribution in [0.3, 0.4) is 0 Å². The van der Waals surface area contributed by atoms with Crippen molar-refractivity contribution >= 4 is 12.0 Å². The van der Waals surface area contributed by atoms with Crippen molar-refractivity contribution in [3.05, 3.63) is 11.7 Å². The lowest BCUT2D eigenvalue weighted by Gasteiger charge is -2.35. The Hall–Kier alpha value is -2.12. The summed E-state index contributed by atoms with van der Waals surface area (Å²) in [5.74, 6) is 1.44. The third-order valence-corrected chi connectivity index (χ3v) is 4.36. The molecule has 2 fully saturated rings. The Labute approximate surface area is 134 Å². The number of carbonyl (C=O) groups is 2. The van der Waals surface area contributed by atoms with Gasteiger partial charge in [-0.2, -0.15) is 4.98 Å². The van der Waals surface area contributed by atoms with Crippen LogP contribution in [0, 0.1) is 0 Å². The summed E-state index contributed by atoms with van der Waals surface area (Å²) in [6.07, 6.45) is 4.19. The Kier molecular flexibility index (Phi) is 4.49. The molecular weight excluding hydrogens is 300 g/mol. The molecule has 2 amide bonds. The molecule has 1 aromatic heterocycles. The predicted octanol–water partition coefficient (Wildman–Crippen LogP) is 1.53. The van der Waals surface area contributed by atoms with Crippen LogP contribution in [0.25, 0.3) is 0 Å². The molecule has 3 rings (SSSR count). The first-order chi connectivity index (χ1) is 11.1. The van der Waals surface area contributed by atoms with E-state index in [-0.39, 0.29) is 12.5 Å². The number of nitrogens with zero attached hydrogens (tertiary/aromatic N) is 4. The average molecular weight is 322 g/mol. The minimum atomic E-state index is -0.476. The second-order valence-corrected chi connectivity index (χ2v) is 6.19. The van der Waals surface area contributed by atoms with E-state index < -0.39 is 12.1 Å². The zero-order chi connectivity index (χ0) is 16.4. The molecule has 8 nitrogen and oxygen atoms in total. The topological polar surface area (TPSA) is 88.8 Å². The summed E-state index contributed by atoms with van der Waals surface area (Å²) >= 11 is 0. The molecule has 0 aromatic carbocycles. The summed E-state index contributed by atoms with van der Waals surface area (Å²) in [7, 11) is 3.03. The molecule has 8 heteroatoms. The predicted molar refractivity (Wildman–Crippen MR) is 79.5 cm³/mol. The molecule has 2 aliphatic rings. The molecule has 0 bridgehead atoms. The smallest absolute Gasteiger partial charge is 0.410 e. The van der Waals surface area contributed by atoms with Crippen LogP contribution >= 0.6 is 0 Å². The van der Waals surface area contributed by atoms with E-state index in [2.05, 4.69) is 10.1 Å². The molecule has 0 radical (unpaired) electrons. The number of amides is 2. The fourth-order valence-electron chi connectivity index (χ4n) is 2.90. The minimum absolute atomic E-state index is 0.118. The first-order valence-corrected chi connectivity index (χ1v) is 8.02. The van der Waals surface area contributed by atoms with E-state index in [0.717, 1.165) is 25.7 Å². The summed E-state index contributed by atoms with van der Waals surface area (Å²) in [5.41, 5.74) is 0. The molecule has 1 aromatic rings. The maximum absolute atomic E-state index is 12.7. The van der Waals surface area contributed by atoms with Gasteiger partial charge in [0.2, 0.25) is 11.8 Å². The number of likely N-dealkylation sites (N-methyl/N-ethyl adjacent to an activating group) is 1. The van der Waals surface area contributed by atoms with Crippen LogP contribution in [0.15, 0.2) is 4.52 Å². The molecule has 1 atom stereocenters. The Balaban J connectivity index is 1.63. The molecule has 1 saturated carbocycles. The van der Waals surface area contributed by atoms with Crippen LogP contribution in [0.4, 0.5) is 4.79 Å². The summed E-state index contributed by atoms with van der Waals surface area (Å²) in [4.78, 5) is 31.9. The molecule has 23 heavy (non-hydrogen) atoms. The normalized spacial score (nSPS) is 21.1. The first kappa shape index (κ1) is 15.8. The fourth-order valence-corrected chi connectivity index (χ4v) is 2.90. The monoisotopic (exact) mass is 322 g/mol. The van der Waals surface area contributed by atoms with E-state index in [1.165, 1.54) is 12.0 Å². The quantitative estimate of drug-likeness (QED) is 0.835. The SMILES string of the molecule is COC(=O)N1CCCCC1C(=O)N(C)Cc1noc(C2CC2)n1. The maximum Gasteiger partial charge on any atom is 0.410 e. The number of rotatable bonds is 4. The van der Waals surface area contributed by atoms with E-state index in [0.29, 0.717) is 30.6 Å². The Bertz CT molecular complexity index is 584. The number of hydrogen-bond donors (Lipinski definition) is 0. The Morgan fingerprint density at radius 2 is 2.13 bits per heavy atom. The molecule has 1 unspecified atom stereocenters. The van der Waals surface area contributed by atoms with E-state index in [1.54, 1.807) is 11.9 Å². The van der Waals surface area contributed by atoms with Gasteiger partial charge in [0, 0.05) is 19.5 Å². The number of likely N-dealkylation sites (tertiary alicyclic amines) is 1. The fraction of sp³-hybridized carbons (Fsp3) is 0.733. The second kappa shape index (κ2) is 6.55. The molecule has 1 aliphatic carbocycles. The van der Waals surface area contributed by atoms with Crippen LogP contribution in [0.2, 0.25) is 0 Å². The van der Waals surface area contributed by atoms with Crippen LogP contribution in [-0.2, 0) is 16.1 Å². The van der Waals surface area contributed by atoms with E-state index in [4.69, 9.17) is 9.26 Å². The maximum atomic E-state index is 12.7. The number of aromatic nitrogens is 2. The van der Waals surface area contributed by atoms with E-state index >= 15 is 0 Å². The lowest BCUT2D eigenvalue weighted by atomic mass is 10.0. The number of ether oxygens (including phenoxy) is 1. The third kappa shape index (κ3) is 3.46. The van der Waals surface area contributed by atoms with Gasteiger partial charge in [-0.3, -0.25) is 9.69 Å². The van der Waals surface area contributed by atoms with Crippen molar-refractivity contribution in [1.82, 2.24) is 19.9 Å². The van der Waals surface area contributed by atoms with Gasteiger partial charge in [-0.25, -0.2) is 4.79 Å². The van der Waals surface area contributed by atoms with Gasteiger partial charge >= 0.3 is 6.09 Å². The molecule has 2 heterocycles. The average Bonchev–Trinajstić information content (AvgIpc) is 3.33. The molecule has 0 N–H and O–H groups in total. The highest BCUT2D eigenvalue weighted by Crippen LogP contribution is 2.38. The standard InChI is InChI=1S/C15H22N4O4/c1-18(9-12-16-13(23-17-12)10-6-7-10)14(20)11-5-3-4-8-19(11)15(21)22-2/h10-11H,3-9H2,1-2H3. The van der Waals surface area contributed by atoms with Crippen molar-refractivity contribution < 1.29 is 18.8 Å². The van der Waals surface area contributed by atoms with Gasteiger partial charge in [-0.05, 0) is 32.1 Å². The van der Waals surface area contributed by atoms with Crippen LogP contribution in [-0.4, -0.2) is 58.7 Å². The molecule has 1 aliphatic heterocycles. The molecular formula is C15H22N4O4. The minimum Gasteiger partial charge on any atom is -0.453 e. The number of hydrogen-bond acceptors (Lipinski definition) is 6. The van der Waals surface area contributed by atoms with Crippen molar-refractivity contribution in [2.24, 2.45) is 0 Å². The third-order valence-electron chi connectivity index (χ3n) is 4.36. The highest BCUT2D eigenvalue weighted by Gasteiger charge is 2.35. The van der Waals surface area contributed by atoms with Gasteiger partial charge in [0.1, 0.15) is 6.04 Å². The van der Waals surface area contributed by atoms with Crippen LogP contribution < -0.4 is 0 Å². The highest BCUT2D eigenvalue weighted by atomic mass is 16.5. The van der Waals surface area contributed by atoms with E-state index in [1.807, 2.05) is 0 Å². The van der Waals surface area contributed by atoms with Gasteiger partial charge in [-0.15, -0.1) is 0 Å². The Morgan fingerprint density at radius 3 is 2.83 bits per heavy atom. The largest absolute Gasteiger partial charge is 0.453 e. The molecule has 1 saturated heterocycles. The van der Waals surface area contributed by atoms with Gasteiger partial charge in [0.15, 0.2) is 5.82 Å². The number of piperidine rings is 1. The molecule has 0 spiro atoms. The highest BCUT2D eigenvalue weighted by molar-refractivity contribution is 5.85. The lowest BCUT2D eigenvalue weighted by molar-refractivity contribution is -0.136. The van der Waals surface area contributed by atoms with E-state index in [9.17, 15) is 9.59 Å². The number of methoxy groups -OCH3 is 1. The van der Waals surface area contributed by atoms with Crippen molar-refractivity contribution in [3.8, 4) is 0 Å². The zero-order valence-corrected chi connectivity index (χ0v) is 13.5. The summed E-state index contributed by atoms with van der Waals surface area (Å²) < 4.78 is 9.99. The molecule has 126 valence electrons.